The van der Waals surface area contributed by atoms with E-state index in [1.165, 1.54) is 0 Å². The number of halogens is 3. The molecule has 1 saturated heterocycles. The summed E-state index contributed by atoms with van der Waals surface area (Å²) in [6.07, 6.45) is -3.32. The van der Waals surface area contributed by atoms with Gasteiger partial charge in [0.05, 0.1) is 22.3 Å². The number of carbonyl (C=O) groups is 1. The lowest BCUT2D eigenvalue weighted by atomic mass is 9.97. The topological polar surface area (TPSA) is 74.8 Å². The molecule has 0 atom stereocenters. The van der Waals surface area contributed by atoms with Crippen LogP contribution in [0.4, 0.5) is 13.2 Å². The number of hydrogen-bond donors (Lipinski definition) is 0. The van der Waals surface area contributed by atoms with Gasteiger partial charge in [-0.2, -0.15) is 23.5 Å². The van der Waals surface area contributed by atoms with Crippen LogP contribution in [0.1, 0.15) is 51.2 Å². The number of thiazole rings is 1. The van der Waals surface area contributed by atoms with E-state index in [-0.39, 0.29) is 11.8 Å². The number of alkyl halides is 3. The third-order valence-corrected chi connectivity index (χ3v) is 6.28. The van der Waals surface area contributed by atoms with Crippen LogP contribution in [0.2, 0.25) is 0 Å². The molecule has 0 bridgehead atoms. The van der Waals surface area contributed by atoms with Gasteiger partial charge in [-0.05, 0) is 44.0 Å². The normalized spacial score (nSPS) is 15.1. The van der Waals surface area contributed by atoms with E-state index in [0.29, 0.717) is 47.9 Å². The van der Waals surface area contributed by atoms with Crippen molar-refractivity contribution in [3.05, 3.63) is 63.4 Å². The Bertz CT molecular complexity index is 1150. The van der Waals surface area contributed by atoms with Gasteiger partial charge in [0.25, 0.3) is 5.91 Å². The summed E-state index contributed by atoms with van der Waals surface area (Å²) >= 11 is 1.02. The molecule has 1 aliphatic rings. The number of aryl methyl sites for hydroxylation is 1. The lowest BCUT2D eigenvalue weighted by molar-refractivity contribution is -0.140. The minimum atomic E-state index is -4.44. The van der Waals surface area contributed by atoms with E-state index in [1.807, 2.05) is 13.0 Å². The summed E-state index contributed by atoms with van der Waals surface area (Å²) in [4.78, 5) is 18.4. The summed E-state index contributed by atoms with van der Waals surface area (Å²) in [6.45, 7) is 2.69. The molecule has 1 amide bonds. The molecule has 4 rings (SSSR count). The Balaban J connectivity index is 1.44. The monoisotopic (exact) mass is 445 g/mol. The molecule has 3 aromatic rings. The Morgan fingerprint density at radius 1 is 1.26 bits per heavy atom. The number of rotatable bonds is 3. The van der Waals surface area contributed by atoms with Crippen LogP contribution in [0.15, 0.2) is 35.7 Å². The van der Waals surface area contributed by atoms with Gasteiger partial charge in [-0.15, -0.1) is 11.3 Å². The summed E-state index contributed by atoms with van der Waals surface area (Å²) in [6, 6.07) is 10.7. The van der Waals surface area contributed by atoms with Crippen molar-refractivity contribution in [2.24, 2.45) is 0 Å². The van der Waals surface area contributed by atoms with Crippen LogP contribution < -0.4 is 0 Å². The van der Waals surface area contributed by atoms with Gasteiger partial charge >= 0.3 is 6.18 Å². The third kappa shape index (κ3) is 4.32. The second-order valence-corrected chi connectivity index (χ2v) is 8.27. The van der Waals surface area contributed by atoms with Crippen LogP contribution in [-0.2, 0) is 6.18 Å². The number of hydrogen-bond acceptors (Lipinski definition) is 5. The van der Waals surface area contributed by atoms with Gasteiger partial charge < -0.3 is 4.90 Å². The third-order valence-electron chi connectivity index (χ3n) is 5.27. The van der Waals surface area contributed by atoms with Crippen LogP contribution in [0.5, 0.6) is 0 Å². The quantitative estimate of drug-likeness (QED) is 0.593. The highest BCUT2D eigenvalue weighted by Gasteiger charge is 2.35. The summed E-state index contributed by atoms with van der Waals surface area (Å²) in [7, 11) is 0. The van der Waals surface area contributed by atoms with Crippen molar-refractivity contribution in [2.45, 2.75) is 31.9 Å². The molecule has 0 N–H and O–H groups in total. The fourth-order valence-electron chi connectivity index (χ4n) is 3.64. The lowest BCUT2D eigenvalue weighted by Gasteiger charge is -2.30. The van der Waals surface area contributed by atoms with Crippen LogP contribution in [-0.4, -0.2) is 38.7 Å². The van der Waals surface area contributed by atoms with Crippen LogP contribution in [0.3, 0.4) is 0 Å². The zero-order valence-electron chi connectivity index (χ0n) is 16.6. The van der Waals surface area contributed by atoms with Crippen molar-refractivity contribution >= 4 is 17.2 Å². The van der Waals surface area contributed by atoms with Crippen LogP contribution in [0.25, 0.3) is 5.69 Å². The van der Waals surface area contributed by atoms with E-state index >= 15 is 0 Å². The van der Waals surface area contributed by atoms with Gasteiger partial charge in [-0.25, -0.2) is 9.67 Å². The number of amides is 1. The molecule has 1 aliphatic heterocycles. The Hall–Kier alpha value is -3.19. The fraction of sp³-hybridized carbons (Fsp3) is 0.333. The highest BCUT2D eigenvalue weighted by Crippen LogP contribution is 2.35. The van der Waals surface area contributed by atoms with Gasteiger partial charge in [0.2, 0.25) is 0 Å². The first-order valence-electron chi connectivity index (χ1n) is 9.65. The molecule has 2 aromatic heterocycles. The zero-order valence-corrected chi connectivity index (χ0v) is 17.4. The Labute approximate surface area is 180 Å². The maximum atomic E-state index is 12.9. The SMILES string of the molecule is Cc1cc(C(=O)N2CCC(c3nc(C(F)(F)F)cs3)CC2)nn1-c1cccc(C#N)c1. The molecule has 1 aromatic carbocycles. The molecular weight excluding hydrogens is 427 g/mol. The predicted octanol–water partition coefficient (Wildman–Crippen LogP) is 4.55. The average Bonchev–Trinajstić information content (AvgIpc) is 3.41. The predicted molar refractivity (Wildman–Crippen MR) is 108 cm³/mol. The Kier molecular flexibility index (Phi) is 5.54. The van der Waals surface area contributed by atoms with Crippen molar-refractivity contribution in [3.8, 4) is 11.8 Å². The molecule has 0 radical (unpaired) electrons. The summed E-state index contributed by atoms with van der Waals surface area (Å²) in [5.74, 6) is -0.301. The molecule has 10 heteroatoms. The van der Waals surface area contributed by atoms with Gasteiger partial charge in [0.1, 0.15) is 0 Å². The van der Waals surface area contributed by atoms with Crippen LogP contribution >= 0.6 is 11.3 Å². The minimum Gasteiger partial charge on any atom is -0.337 e. The number of benzene rings is 1. The molecule has 0 saturated carbocycles. The molecule has 1 fully saturated rings. The van der Waals surface area contributed by atoms with Crippen molar-refractivity contribution in [1.29, 1.82) is 5.26 Å². The lowest BCUT2D eigenvalue weighted by Crippen LogP contribution is -2.38. The summed E-state index contributed by atoms with van der Waals surface area (Å²) < 4.78 is 40.0. The molecule has 31 heavy (non-hydrogen) atoms. The largest absolute Gasteiger partial charge is 0.434 e. The second kappa shape index (κ2) is 8.15. The minimum absolute atomic E-state index is 0.0850. The molecule has 0 aliphatic carbocycles. The highest BCUT2D eigenvalue weighted by atomic mass is 32.1. The number of aromatic nitrogens is 3. The molecule has 0 spiro atoms. The van der Waals surface area contributed by atoms with Gasteiger partial charge in [0.15, 0.2) is 11.4 Å². The van der Waals surface area contributed by atoms with E-state index in [9.17, 15) is 18.0 Å². The van der Waals surface area contributed by atoms with Crippen molar-refractivity contribution in [2.75, 3.05) is 13.1 Å². The fourth-order valence-corrected chi connectivity index (χ4v) is 4.64. The zero-order chi connectivity index (χ0) is 22.2. The highest BCUT2D eigenvalue weighted by molar-refractivity contribution is 7.09. The molecule has 3 heterocycles. The number of piperidine rings is 1. The summed E-state index contributed by atoms with van der Waals surface area (Å²) in [5, 5.41) is 15.0. The van der Waals surface area contributed by atoms with E-state index in [4.69, 9.17) is 5.26 Å². The average molecular weight is 445 g/mol. The van der Waals surface area contributed by atoms with E-state index in [1.54, 1.807) is 33.8 Å². The Morgan fingerprint density at radius 2 is 2.00 bits per heavy atom. The van der Waals surface area contributed by atoms with Crippen LogP contribution in [0, 0.1) is 18.3 Å². The first kappa shape index (κ1) is 21.1. The number of nitrogens with zero attached hydrogens (tertiary/aromatic N) is 5. The molecular formula is C21H18F3N5OS. The van der Waals surface area contributed by atoms with Crippen molar-refractivity contribution in [3.63, 3.8) is 0 Å². The standard InChI is InChI=1S/C21H18F3N5OS/c1-13-9-17(27-29(13)16-4-2-3-14(10-16)11-25)20(30)28-7-5-15(6-8-28)19-26-18(12-31-19)21(22,23)24/h2-4,9-10,12,15H,5-8H2,1H3. The van der Waals surface area contributed by atoms with E-state index in [0.717, 1.165) is 22.4 Å². The van der Waals surface area contributed by atoms with Crippen molar-refractivity contribution in [1.82, 2.24) is 19.7 Å². The Morgan fingerprint density at radius 3 is 2.65 bits per heavy atom. The molecule has 160 valence electrons. The first-order valence-corrected chi connectivity index (χ1v) is 10.5. The maximum Gasteiger partial charge on any atom is 0.434 e. The van der Waals surface area contributed by atoms with Gasteiger partial charge in [-0.3, -0.25) is 4.79 Å². The molecule has 0 unspecified atom stereocenters. The number of nitriles is 1. The summed E-state index contributed by atoms with van der Waals surface area (Å²) in [5.41, 5.74) is 1.40. The van der Waals surface area contributed by atoms with E-state index in [2.05, 4.69) is 16.2 Å². The smallest absolute Gasteiger partial charge is 0.337 e. The van der Waals surface area contributed by atoms with Gasteiger partial charge in [0, 0.05) is 30.1 Å². The molecule has 6 nitrogen and oxygen atoms in total. The van der Waals surface area contributed by atoms with E-state index < -0.39 is 11.9 Å². The first-order chi connectivity index (χ1) is 14.8. The second-order valence-electron chi connectivity index (χ2n) is 7.38. The van der Waals surface area contributed by atoms with Crippen molar-refractivity contribution < 1.29 is 18.0 Å². The number of carbonyl (C=O) groups excluding carboxylic acids is 1. The number of likely N-dealkylation sites (tertiary alicyclic amines) is 1. The maximum absolute atomic E-state index is 12.9. The van der Waals surface area contributed by atoms with Gasteiger partial charge in [-0.1, -0.05) is 6.07 Å².